The zero-order valence-electron chi connectivity index (χ0n) is 7.38. The Labute approximate surface area is 80.4 Å². The monoisotopic (exact) mass is 198 g/mol. The Morgan fingerprint density at radius 2 is 2.07 bits per heavy atom. The first-order chi connectivity index (χ1) is 6.51. The molecule has 0 aliphatic rings. The van der Waals surface area contributed by atoms with Gasteiger partial charge in [-0.25, -0.2) is 0 Å². The Kier molecular flexibility index (Phi) is 3.18. The van der Waals surface area contributed by atoms with Gasteiger partial charge in [0, 0.05) is 18.3 Å². The van der Waals surface area contributed by atoms with E-state index < -0.39 is 13.3 Å². The van der Waals surface area contributed by atoms with Crippen LogP contribution in [0.3, 0.4) is 0 Å². The van der Waals surface area contributed by atoms with Crippen molar-refractivity contribution in [2.24, 2.45) is 0 Å². The fourth-order valence-corrected chi connectivity index (χ4v) is 1.04. The molecule has 0 fully saturated rings. The molecule has 1 rings (SSSR count). The molecule has 0 spiro atoms. The number of hydrogen-bond acceptors (Lipinski definition) is 1. The summed E-state index contributed by atoms with van der Waals surface area (Å²) in [6.45, 7) is -4.81. The van der Waals surface area contributed by atoms with Crippen LogP contribution >= 0.6 is 0 Å². The lowest BCUT2D eigenvalue weighted by atomic mass is 9.84. The van der Waals surface area contributed by atoms with Crippen molar-refractivity contribution >= 4 is 6.98 Å². The second-order valence-electron chi connectivity index (χ2n) is 2.95. The van der Waals surface area contributed by atoms with Gasteiger partial charge < -0.3 is 12.9 Å². The molecule has 5 heteroatoms. The molecular weight excluding hydrogens is 190 g/mol. The van der Waals surface area contributed by atoms with Crippen molar-refractivity contribution in [1.29, 1.82) is 0 Å². The predicted octanol–water partition coefficient (Wildman–Crippen LogP) is 2.19. The van der Waals surface area contributed by atoms with Crippen molar-refractivity contribution in [2.45, 2.75) is 12.7 Å². The lowest BCUT2D eigenvalue weighted by molar-refractivity contribution is 0.467. The van der Waals surface area contributed by atoms with Gasteiger partial charge in [-0.05, 0) is 17.9 Å². The average Bonchev–Trinajstić information content (AvgIpc) is 2.06. The van der Waals surface area contributed by atoms with Gasteiger partial charge in [-0.15, -0.1) is 12.3 Å². The van der Waals surface area contributed by atoms with Crippen molar-refractivity contribution in [1.82, 2.24) is 4.98 Å². The highest BCUT2D eigenvalue weighted by atomic mass is 19.4. The fourth-order valence-electron chi connectivity index (χ4n) is 1.04. The molecule has 1 aromatic rings. The highest BCUT2D eigenvalue weighted by molar-refractivity contribution is 6.57. The van der Waals surface area contributed by atoms with E-state index in [4.69, 9.17) is 6.42 Å². The lowest BCUT2D eigenvalue weighted by Crippen LogP contribution is -2.20. The minimum atomic E-state index is -4.81. The number of terminal acetylenes is 1. The molecule has 0 amide bonds. The van der Waals surface area contributed by atoms with Crippen LogP contribution in [0.25, 0.3) is 0 Å². The molecule has 0 unspecified atom stereocenters. The number of hydrogen-bond donors (Lipinski definition) is 0. The SMILES string of the molecule is C#CCc1ccc(C[B-](F)(F)F)nc1. The van der Waals surface area contributed by atoms with Crippen LogP contribution in [0, 0.1) is 12.3 Å². The summed E-state index contributed by atoms with van der Waals surface area (Å²) in [6, 6.07) is 2.94. The van der Waals surface area contributed by atoms with Gasteiger partial charge in [0.2, 0.25) is 0 Å². The molecular formula is C9H8BF3N-. The van der Waals surface area contributed by atoms with E-state index in [0.717, 1.165) is 5.56 Å². The van der Waals surface area contributed by atoms with Gasteiger partial charge in [-0.1, -0.05) is 6.07 Å². The van der Waals surface area contributed by atoms with Crippen molar-refractivity contribution in [3.05, 3.63) is 29.6 Å². The molecule has 0 radical (unpaired) electrons. The summed E-state index contributed by atoms with van der Waals surface area (Å²) in [5.41, 5.74) is 0.796. The normalized spacial score (nSPS) is 11.0. The van der Waals surface area contributed by atoms with Gasteiger partial charge in [0.15, 0.2) is 0 Å². The number of nitrogens with zero attached hydrogens (tertiary/aromatic N) is 1. The quantitative estimate of drug-likeness (QED) is 0.535. The number of aromatic nitrogens is 1. The predicted molar refractivity (Wildman–Crippen MR) is 49.6 cm³/mol. The number of pyridine rings is 1. The van der Waals surface area contributed by atoms with Gasteiger partial charge in [-0.3, -0.25) is 4.98 Å². The Hall–Kier alpha value is -1.44. The van der Waals surface area contributed by atoms with Crippen molar-refractivity contribution < 1.29 is 12.9 Å². The summed E-state index contributed by atoms with van der Waals surface area (Å²) < 4.78 is 35.9. The highest BCUT2D eigenvalue weighted by Crippen LogP contribution is 2.14. The van der Waals surface area contributed by atoms with E-state index in [2.05, 4.69) is 10.9 Å². The molecule has 1 heterocycles. The van der Waals surface area contributed by atoms with E-state index in [-0.39, 0.29) is 5.69 Å². The van der Waals surface area contributed by atoms with Crippen molar-refractivity contribution in [3.63, 3.8) is 0 Å². The maximum absolute atomic E-state index is 12.0. The average molecular weight is 198 g/mol. The highest BCUT2D eigenvalue weighted by Gasteiger charge is 2.23. The number of rotatable bonds is 3. The van der Waals surface area contributed by atoms with Gasteiger partial charge in [0.05, 0.1) is 0 Å². The van der Waals surface area contributed by atoms with E-state index in [1.165, 1.54) is 12.3 Å². The molecule has 0 aliphatic carbocycles. The first-order valence-corrected chi connectivity index (χ1v) is 4.09. The zero-order valence-corrected chi connectivity index (χ0v) is 7.38. The second kappa shape index (κ2) is 4.18. The molecule has 1 nitrogen and oxygen atoms in total. The molecule has 0 saturated heterocycles. The molecule has 0 aliphatic heterocycles. The first-order valence-electron chi connectivity index (χ1n) is 4.09. The molecule has 0 atom stereocenters. The first kappa shape index (κ1) is 10.6. The maximum atomic E-state index is 12.0. The van der Waals surface area contributed by atoms with Crippen LogP contribution in [0.5, 0.6) is 0 Å². The van der Waals surface area contributed by atoms with Gasteiger partial charge in [0.25, 0.3) is 0 Å². The molecule has 14 heavy (non-hydrogen) atoms. The fraction of sp³-hybridized carbons (Fsp3) is 0.222. The summed E-state index contributed by atoms with van der Waals surface area (Å²) in [5.74, 6) is 2.39. The molecule has 74 valence electrons. The van der Waals surface area contributed by atoms with E-state index in [1.54, 1.807) is 6.07 Å². The Morgan fingerprint density at radius 3 is 2.50 bits per heavy atom. The van der Waals surface area contributed by atoms with Crippen LogP contribution in [0.15, 0.2) is 18.3 Å². The van der Waals surface area contributed by atoms with Crippen LogP contribution in [0.2, 0.25) is 0 Å². The smallest absolute Gasteiger partial charge is 0.449 e. The largest absolute Gasteiger partial charge is 0.484 e. The van der Waals surface area contributed by atoms with Crippen LogP contribution in [0.4, 0.5) is 12.9 Å². The third-order valence-electron chi connectivity index (χ3n) is 1.63. The minimum Gasteiger partial charge on any atom is -0.449 e. The maximum Gasteiger partial charge on any atom is 0.484 e. The van der Waals surface area contributed by atoms with Crippen molar-refractivity contribution in [2.75, 3.05) is 0 Å². The summed E-state index contributed by atoms with van der Waals surface area (Å²) in [4.78, 5) is 3.68. The van der Waals surface area contributed by atoms with Crippen LogP contribution in [-0.4, -0.2) is 12.0 Å². The van der Waals surface area contributed by atoms with Crippen LogP contribution in [0.1, 0.15) is 11.3 Å². The van der Waals surface area contributed by atoms with E-state index in [9.17, 15) is 12.9 Å². The third kappa shape index (κ3) is 3.52. The summed E-state index contributed by atoms with van der Waals surface area (Å²) in [6.07, 6.45) is 5.89. The topological polar surface area (TPSA) is 12.9 Å². The summed E-state index contributed by atoms with van der Waals surface area (Å²) >= 11 is 0. The van der Waals surface area contributed by atoms with E-state index in [1.807, 2.05) is 0 Å². The minimum absolute atomic E-state index is 0.0401. The molecule has 0 aromatic carbocycles. The number of halogens is 3. The van der Waals surface area contributed by atoms with E-state index >= 15 is 0 Å². The van der Waals surface area contributed by atoms with Gasteiger partial charge in [0.1, 0.15) is 0 Å². The molecule has 0 N–H and O–H groups in total. The Balaban J connectivity index is 2.70. The van der Waals surface area contributed by atoms with Crippen molar-refractivity contribution in [3.8, 4) is 12.3 Å². The Bertz CT molecular complexity index is 337. The molecule has 0 saturated carbocycles. The summed E-state index contributed by atoms with van der Waals surface area (Å²) in [5, 5.41) is 0. The molecule has 1 aromatic heterocycles. The Morgan fingerprint density at radius 1 is 1.36 bits per heavy atom. The molecule has 0 bridgehead atoms. The standard InChI is InChI=1S/C9H8BF3N/c1-2-3-8-4-5-9(14-7-8)6-10(11,12)13/h1,4-5,7H,3,6H2/q-1. The van der Waals surface area contributed by atoms with Crippen LogP contribution in [-0.2, 0) is 12.7 Å². The van der Waals surface area contributed by atoms with Gasteiger partial charge >= 0.3 is 6.98 Å². The van der Waals surface area contributed by atoms with Crippen LogP contribution < -0.4 is 0 Å². The van der Waals surface area contributed by atoms with E-state index in [0.29, 0.717) is 6.42 Å². The van der Waals surface area contributed by atoms with Gasteiger partial charge in [-0.2, -0.15) is 0 Å². The zero-order chi connectivity index (χ0) is 10.6. The third-order valence-corrected chi connectivity index (χ3v) is 1.63. The lowest BCUT2D eigenvalue weighted by Gasteiger charge is -2.12. The summed E-state index contributed by atoms with van der Waals surface area (Å²) in [7, 11) is 0. The second-order valence-corrected chi connectivity index (χ2v) is 2.95.